The minimum Gasteiger partial charge on any atom is -0.378 e. The Balaban J connectivity index is 1.88. The lowest BCUT2D eigenvalue weighted by Crippen LogP contribution is -2.08. The molecule has 0 aliphatic rings. The van der Waals surface area contributed by atoms with Crippen molar-refractivity contribution in [2.75, 3.05) is 19.0 Å². The summed E-state index contributed by atoms with van der Waals surface area (Å²) >= 11 is 0. The summed E-state index contributed by atoms with van der Waals surface area (Å²) in [6, 6.07) is 12.4. The molecule has 0 unspecified atom stereocenters. The van der Waals surface area contributed by atoms with E-state index in [2.05, 4.69) is 49.0 Å². The second-order valence-corrected chi connectivity index (χ2v) is 4.80. The number of rotatable bonds is 4. The standard InChI is InChI=1S/C15H16N6/c1-19(2)13-5-7-14(8-6-13)21-9-3-4-15(21)10-18-20-11-16-17-12-20/h3-12H,1-2H3/b18-10-. The first-order chi connectivity index (χ1) is 10.2. The van der Waals surface area contributed by atoms with Gasteiger partial charge in [0.15, 0.2) is 0 Å². The van der Waals surface area contributed by atoms with Crippen LogP contribution in [0.3, 0.4) is 0 Å². The van der Waals surface area contributed by atoms with Gasteiger partial charge in [-0.1, -0.05) is 0 Å². The van der Waals surface area contributed by atoms with Crippen molar-refractivity contribution >= 4 is 11.9 Å². The Morgan fingerprint density at radius 1 is 1.05 bits per heavy atom. The van der Waals surface area contributed by atoms with E-state index < -0.39 is 0 Å². The zero-order valence-electron chi connectivity index (χ0n) is 12.0. The van der Waals surface area contributed by atoms with Crippen molar-refractivity contribution in [2.45, 2.75) is 0 Å². The maximum Gasteiger partial charge on any atom is 0.141 e. The van der Waals surface area contributed by atoms with Crippen LogP contribution in [0.1, 0.15) is 5.69 Å². The van der Waals surface area contributed by atoms with Gasteiger partial charge in [0.05, 0.1) is 11.9 Å². The molecule has 3 rings (SSSR count). The van der Waals surface area contributed by atoms with Gasteiger partial charge in [0.2, 0.25) is 0 Å². The molecule has 0 atom stereocenters. The van der Waals surface area contributed by atoms with Gasteiger partial charge < -0.3 is 9.47 Å². The van der Waals surface area contributed by atoms with Crippen LogP contribution in [-0.2, 0) is 0 Å². The molecular formula is C15H16N6. The van der Waals surface area contributed by atoms with Crippen LogP contribution in [0.15, 0.2) is 60.4 Å². The molecule has 0 amide bonds. The van der Waals surface area contributed by atoms with Gasteiger partial charge >= 0.3 is 0 Å². The van der Waals surface area contributed by atoms with E-state index >= 15 is 0 Å². The number of aromatic nitrogens is 4. The van der Waals surface area contributed by atoms with Crippen LogP contribution in [-0.4, -0.2) is 39.8 Å². The maximum absolute atomic E-state index is 4.28. The molecular weight excluding hydrogens is 264 g/mol. The molecule has 2 aromatic heterocycles. The zero-order valence-corrected chi connectivity index (χ0v) is 12.0. The SMILES string of the molecule is CN(C)c1ccc(-n2cccc2/C=N\n2cnnc2)cc1. The first-order valence-corrected chi connectivity index (χ1v) is 6.58. The topological polar surface area (TPSA) is 51.2 Å². The first-order valence-electron chi connectivity index (χ1n) is 6.58. The molecule has 21 heavy (non-hydrogen) atoms. The second-order valence-electron chi connectivity index (χ2n) is 4.80. The Morgan fingerprint density at radius 2 is 1.76 bits per heavy atom. The molecule has 0 spiro atoms. The van der Waals surface area contributed by atoms with E-state index in [-0.39, 0.29) is 0 Å². The van der Waals surface area contributed by atoms with E-state index in [1.807, 2.05) is 32.4 Å². The van der Waals surface area contributed by atoms with Crippen molar-refractivity contribution in [2.24, 2.45) is 5.10 Å². The predicted molar refractivity (Wildman–Crippen MR) is 83.1 cm³/mol. The molecule has 6 heteroatoms. The van der Waals surface area contributed by atoms with Crippen molar-refractivity contribution in [3.8, 4) is 5.69 Å². The maximum atomic E-state index is 4.28. The first kappa shape index (κ1) is 13.1. The summed E-state index contributed by atoms with van der Waals surface area (Å²) in [5.41, 5.74) is 3.25. The van der Waals surface area contributed by atoms with E-state index in [9.17, 15) is 0 Å². The lowest BCUT2D eigenvalue weighted by molar-refractivity contribution is 0.875. The Labute approximate surface area is 123 Å². The van der Waals surface area contributed by atoms with Gasteiger partial charge in [-0.05, 0) is 36.4 Å². The summed E-state index contributed by atoms with van der Waals surface area (Å²) in [4.78, 5) is 2.08. The number of anilines is 1. The molecule has 0 bridgehead atoms. The molecule has 0 radical (unpaired) electrons. The van der Waals surface area contributed by atoms with Crippen molar-refractivity contribution < 1.29 is 0 Å². The molecule has 2 heterocycles. The fraction of sp³-hybridized carbons (Fsp3) is 0.133. The summed E-state index contributed by atoms with van der Waals surface area (Å²) in [5.74, 6) is 0. The minimum absolute atomic E-state index is 0.987. The fourth-order valence-electron chi connectivity index (χ4n) is 2.03. The predicted octanol–water partition coefficient (Wildman–Crippen LogP) is 2.02. The highest BCUT2D eigenvalue weighted by molar-refractivity contribution is 5.78. The Kier molecular flexibility index (Phi) is 3.51. The van der Waals surface area contributed by atoms with E-state index in [1.165, 1.54) is 5.69 Å². The van der Waals surface area contributed by atoms with Gasteiger partial charge in [0.1, 0.15) is 12.7 Å². The molecule has 1 aromatic carbocycles. The van der Waals surface area contributed by atoms with Crippen LogP contribution in [0.5, 0.6) is 0 Å². The minimum atomic E-state index is 0.987. The van der Waals surface area contributed by atoms with Crippen molar-refractivity contribution in [3.63, 3.8) is 0 Å². The summed E-state index contributed by atoms with van der Waals surface area (Å²) in [7, 11) is 4.06. The van der Waals surface area contributed by atoms with Crippen molar-refractivity contribution in [3.05, 3.63) is 60.9 Å². The van der Waals surface area contributed by atoms with Gasteiger partial charge in [0.25, 0.3) is 0 Å². The average molecular weight is 280 g/mol. The summed E-state index contributed by atoms with van der Waals surface area (Å²) in [6.45, 7) is 0. The third kappa shape index (κ3) is 2.84. The summed E-state index contributed by atoms with van der Waals surface area (Å²) < 4.78 is 3.64. The quantitative estimate of drug-likeness (QED) is 0.687. The van der Waals surface area contributed by atoms with Gasteiger partial charge in [-0.25, -0.2) is 4.68 Å². The van der Waals surface area contributed by atoms with Crippen LogP contribution < -0.4 is 4.90 Å². The van der Waals surface area contributed by atoms with Gasteiger partial charge in [-0.3, -0.25) is 0 Å². The number of hydrogen-bond acceptors (Lipinski definition) is 4. The second kappa shape index (κ2) is 5.62. The smallest absolute Gasteiger partial charge is 0.141 e. The van der Waals surface area contributed by atoms with E-state index in [0.717, 1.165) is 11.4 Å². The highest BCUT2D eigenvalue weighted by Crippen LogP contribution is 2.17. The van der Waals surface area contributed by atoms with Crippen molar-refractivity contribution in [1.29, 1.82) is 0 Å². The molecule has 0 saturated heterocycles. The Morgan fingerprint density at radius 3 is 2.43 bits per heavy atom. The highest BCUT2D eigenvalue weighted by Gasteiger charge is 2.02. The summed E-state index contributed by atoms with van der Waals surface area (Å²) in [6.07, 6.45) is 6.90. The molecule has 6 nitrogen and oxygen atoms in total. The third-order valence-electron chi connectivity index (χ3n) is 3.15. The number of hydrogen-bond donors (Lipinski definition) is 0. The number of benzene rings is 1. The molecule has 106 valence electrons. The monoisotopic (exact) mass is 280 g/mol. The molecule has 0 N–H and O–H groups in total. The van der Waals surface area contributed by atoms with Crippen LogP contribution in [0.2, 0.25) is 0 Å². The van der Waals surface area contributed by atoms with Crippen LogP contribution in [0.25, 0.3) is 5.69 Å². The number of nitrogens with zero attached hydrogens (tertiary/aromatic N) is 6. The van der Waals surface area contributed by atoms with Crippen LogP contribution in [0.4, 0.5) is 5.69 Å². The normalized spacial score (nSPS) is 11.1. The lowest BCUT2D eigenvalue weighted by Gasteiger charge is -2.13. The van der Waals surface area contributed by atoms with Gasteiger partial charge in [0, 0.05) is 31.7 Å². The third-order valence-corrected chi connectivity index (χ3v) is 3.15. The largest absolute Gasteiger partial charge is 0.378 e. The molecule has 0 aliphatic carbocycles. The Bertz CT molecular complexity index is 722. The average Bonchev–Trinajstić information content (AvgIpc) is 3.16. The van der Waals surface area contributed by atoms with E-state index in [1.54, 1.807) is 23.5 Å². The van der Waals surface area contributed by atoms with E-state index in [0.29, 0.717) is 0 Å². The fourth-order valence-corrected chi connectivity index (χ4v) is 2.03. The van der Waals surface area contributed by atoms with E-state index in [4.69, 9.17) is 0 Å². The molecule has 0 fully saturated rings. The molecule has 0 saturated carbocycles. The highest BCUT2D eigenvalue weighted by atomic mass is 15.4. The Hall–Kier alpha value is -2.89. The lowest BCUT2D eigenvalue weighted by atomic mass is 10.2. The zero-order chi connectivity index (χ0) is 14.7. The van der Waals surface area contributed by atoms with Crippen molar-refractivity contribution in [1.82, 2.24) is 19.4 Å². The van der Waals surface area contributed by atoms with Crippen LogP contribution in [0, 0.1) is 0 Å². The van der Waals surface area contributed by atoms with Gasteiger partial charge in [-0.2, -0.15) is 5.10 Å². The summed E-state index contributed by atoms with van der Waals surface area (Å²) in [5, 5.41) is 11.7. The molecule has 3 aromatic rings. The molecule has 0 aliphatic heterocycles. The van der Waals surface area contributed by atoms with Gasteiger partial charge in [-0.15, -0.1) is 10.2 Å². The van der Waals surface area contributed by atoms with Crippen LogP contribution >= 0.6 is 0 Å².